The zero-order chi connectivity index (χ0) is 14.6. The van der Waals surface area contributed by atoms with Crippen LogP contribution in [0.1, 0.15) is 12.0 Å². The average molecular weight is 297 g/mol. The maximum Gasteiger partial charge on any atom is 0.224 e. The average Bonchev–Trinajstić information content (AvgIpc) is 2.79. The fourth-order valence-corrected chi connectivity index (χ4v) is 4.05. The first-order valence-electron chi connectivity index (χ1n) is 6.61. The third-order valence-corrected chi connectivity index (χ3v) is 5.22. The summed E-state index contributed by atoms with van der Waals surface area (Å²) in [7, 11) is -1.39. The summed E-state index contributed by atoms with van der Waals surface area (Å²) in [6.07, 6.45) is 1.13. The van der Waals surface area contributed by atoms with Gasteiger partial charge in [0.05, 0.1) is 24.5 Å². The number of amides is 1. The van der Waals surface area contributed by atoms with Crippen LogP contribution in [0.4, 0.5) is 0 Å². The van der Waals surface area contributed by atoms with Crippen LogP contribution < -0.4 is 10.1 Å². The van der Waals surface area contributed by atoms with Crippen LogP contribution in [0, 0.1) is 5.92 Å². The Hall–Kier alpha value is -1.56. The first-order chi connectivity index (χ1) is 9.50. The largest absolute Gasteiger partial charge is 0.497 e. The number of carbonyl (C=O) groups is 1. The molecule has 0 aliphatic carbocycles. The van der Waals surface area contributed by atoms with Gasteiger partial charge in [0.15, 0.2) is 9.84 Å². The molecule has 1 aliphatic rings. The second-order valence-corrected chi connectivity index (χ2v) is 7.22. The Kier molecular flexibility index (Phi) is 4.65. The summed E-state index contributed by atoms with van der Waals surface area (Å²) in [6, 6.07) is 7.66. The van der Waals surface area contributed by atoms with E-state index in [1.54, 1.807) is 7.11 Å². The van der Waals surface area contributed by atoms with Crippen molar-refractivity contribution in [3.63, 3.8) is 0 Å². The number of carbonyl (C=O) groups excluding carboxylic acids is 1. The van der Waals surface area contributed by atoms with Crippen molar-refractivity contribution < 1.29 is 17.9 Å². The minimum atomic E-state index is -3.00. The molecule has 1 amide bonds. The molecule has 0 radical (unpaired) electrons. The summed E-state index contributed by atoms with van der Waals surface area (Å²) in [5.41, 5.74) is 1.07. The lowest BCUT2D eigenvalue weighted by Crippen LogP contribution is -2.32. The zero-order valence-electron chi connectivity index (χ0n) is 11.5. The van der Waals surface area contributed by atoms with Crippen LogP contribution in [0.2, 0.25) is 0 Å². The highest BCUT2D eigenvalue weighted by Gasteiger charge is 2.32. The summed E-state index contributed by atoms with van der Waals surface area (Å²) >= 11 is 0. The Morgan fingerprint density at radius 1 is 1.45 bits per heavy atom. The highest BCUT2D eigenvalue weighted by molar-refractivity contribution is 7.91. The Morgan fingerprint density at radius 3 is 2.90 bits per heavy atom. The van der Waals surface area contributed by atoms with Crippen LogP contribution in [-0.2, 0) is 21.1 Å². The molecule has 2 rings (SSSR count). The molecule has 1 aliphatic heterocycles. The molecule has 1 fully saturated rings. The van der Waals surface area contributed by atoms with Crippen molar-refractivity contribution in [3.05, 3.63) is 29.8 Å². The predicted octanol–water partition coefficient (Wildman–Crippen LogP) is 0.789. The SMILES string of the molecule is COc1cccc(CCNC(=O)[C@H]2CCS(=O)(=O)C2)c1. The molecule has 0 aromatic heterocycles. The van der Waals surface area contributed by atoms with Crippen molar-refractivity contribution in [2.24, 2.45) is 5.92 Å². The summed E-state index contributed by atoms with van der Waals surface area (Å²) in [5.74, 6) is 0.355. The van der Waals surface area contributed by atoms with Gasteiger partial charge in [-0.2, -0.15) is 0 Å². The molecule has 20 heavy (non-hydrogen) atoms. The van der Waals surface area contributed by atoms with E-state index in [0.717, 1.165) is 11.3 Å². The molecule has 110 valence electrons. The molecule has 1 heterocycles. The van der Waals surface area contributed by atoms with Crippen LogP contribution in [-0.4, -0.2) is 39.5 Å². The van der Waals surface area contributed by atoms with E-state index >= 15 is 0 Å². The topological polar surface area (TPSA) is 72.5 Å². The van der Waals surface area contributed by atoms with Crippen molar-refractivity contribution in [1.29, 1.82) is 0 Å². The number of methoxy groups -OCH3 is 1. The van der Waals surface area contributed by atoms with Gasteiger partial charge in [0, 0.05) is 6.54 Å². The maximum atomic E-state index is 11.8. The molecule has 0 unspecified atom stereocenters. The van der Waals surface area contributed by atoms with Gasteiger partial charge in [0.2, 0.25) is 5.91 Å². The van der Waals surface area contributed by atoms with Crippen LogP contribution in [0.15, 0.2) is 24.3 Å². The van der Waals surface area contributed by atoms with E-state index in [0.29, 0.717) is 19.4 Å². The Labute approximate surface area is 119 Å². The predicted molar refractivity (Wildman–Crippen MR) is 76.5 cm³/mol. The van der Waals surface area contributed by atoms with Crippen LogP contribution in [0.25, 0.3) is 0 Å². The number of benzene rings is 1. The van der Waals surface area contributed by atoms with Crippen molar-refractivity contribution in [2.45, 2.75) is 12.8 Å². The quantitative estimate of drug-likeness (QED) is 0.872. The standard InChI is InChI=1S/C14H19NO4S/c1-19-13-4-2-3-11(9-13)5-7-15-14(16)12-6-8-20(17,18)10-12/h2-4,9,12H,5-8,10H2,1H3,(H,15,16)/t12-/m0/s1. The second kappa shape index (κ2) is 6.26. The summed E-state index contributed by atoms with van der Waals surface area (Å²) in [6.45, 7) is 0.503. The van der Waals surface area contributed by atoms with Gasteiger partial charge in [-0.05, 0) is 30.5 Å². The number of hydrogen-bond donors (Lipinski definition) is 1. The molecule has 1 saturated heterocycles. The smallest absolute Gasteiger partial charge is 0.224 e. The normalized spacial score (nSPS) is 20.6. The van der Waals surface area contributed by atoms with Gasteiger partial charge in [-0.3, -0.25) is 4.79 Å². The van der Waals surface area contributed by atoms with Crippen molar-refractivity contribution in [3.8, 4) is 5.75 Å². The molecule has 5 nitrogen and oxygen atoms in total. The number of sulfone groups is 1. The number of nitrogens with one attached hydrogen (secondary N) is 1. The lowest BCUT2D eigenvalue weighted by molar-refractivity contribution is -0.124. The molecular formula is C14H19NO4S. The number of hydrogen-bond acceptors (Lipinski definition) is 4. The first kappa shape index (κ1) is 14.8. The highest BCUT2D eigenvalue weighted by atomic mass is 32.2. The number of rotatable bonds is 5. The van der Waals surface area contributed by atoms with Gasteiger partial charge in [-0.15, -0.1) is 0 Å². The van der Waals surface area contributed by atoms with Crippen LogP contribution in [0.5, 0.6) is 5.75 Å². The van der Waals surface area contributed by atoms with Crippen LogP contribution in [0.3, 0.4) is 0 Å². The Bertz CT molecular complexity index is 583. The van der Waals surface area contributed by atoms with Gasteiger partial charge >= 0.3 is 0 Å². The third-order valence-electron chi connectivity index (χ3n) is 3.45. The molecule has 0 bridgehead atoms. The molecule has 0 spiro atoms. The summed E-state index contributed by atoms with van der Waals surface area (Å²) in [4.78, 5) is 11.8. The molecule has 6 heteroatoms. The van der Waals surface area contributed by atoms with Crippen molar-refractivity contribution in [1.82, 2.24) is 5.32 Å². The minimum absolute atomic E-state index is 0.0159. The molecular weight excluding hydrogens is 278 g/mol. The first-order valence-corrected chi connectivity index (χ1v) is 8.43. The lowest BCUT2D eigenvalue weighted by atomic mass is 10.1. The number of ether oxygens (including phenoxy) is 1. The molecule has 1 aromatic carbocycles. The monoisotopic (exact) mass is 297 g/mol. The van der Waals surface area contributed by atoms with E-state index in [2.05, 4.69) is 5.32 Å². The third kappa shape index (κ3) is 3.96. The molecule has 1 atom stereocenters. The van der Waals surface area contributed by atoms with E-state index in [4.69, 9.17) is 4.74 Å². The van der Waals surface area contributed by atoms with Crippen LogP contribution >= 0.6 is 0 Å². The Balaban J connectivity index is 1.79. The maximum absolute atomic E-state index is 11.8. The van der Waals surface area contributed by atoms with Gasteiger partial charge in [0.25, 0.3) is 0 Å². The van der Waals surface area contributed by atoms with E-state index < -0.39 is 9.84 Å². The van der Waals surface area contributed by atoms with Gasteiger partial charge in [0.1, 0.15) is 5.75 Å². The molecule has 1 N–H and O–H groups in total. The summed E-state index contributed by atoms with van der Waals surface area (Å²) in [5, 5.41) is 2.80. The fraction of sp³-hybridized carbons (Fsp3) is 0.500. The fourth-order valence-electron chi connectivity index (χ4n) is 2.30. The second-order valence-electron chi connectivity index (χ2n) is 4.99. The zero-order valence-corrected chi connectivity index (χ0v) is 12.3. The van der Waals surface area contributed by atoms with Gasteiger partial charge in [-0.25, -0.2) is 8.42 Å². The van der Waals surface area contributed by atoms with Gasteiger partial charge < -0.3 is 10.1 Å². The van der Waals surface area contributed by atoms with E-state index in [1.807, 2.05) is 24.3 Å². The van der Waals surface area contributed by atoms with E-state index in [1.165, 1.54) is 0 Å². The van der Waals surface area contributed by atoms with Crippen molar-refractivity contribution in [2.75, 3.05) is 25.2 Å². The Morgan fingerprint density at radius 2 is 2.25 bits per heavy atom. The van der Waals surface area contributed by atoms with Gasteiger partial charge in [-0.1, -0.05) is 12.1 Å². The molecule has 0 saturated carbocycles. The van der Waals surface area contributed by atoms with E-state index in [-0.39, 0.29) is 23.3 Å². The lowest BCUT2D eigenvalue weighted by Gasteiger charge is -2.09. The molecule has 1 aromatic rings. The minimum Gasteiger partial charge on any atom is -0.497 e. The summed E-state index contributed by atoms with van der Waals surface area (Å²) < 4.78 is 27.8. The van der Waals surface area contributed by atoms with Crippen molar-refractivity contribution >= 4 is 15.7 Å². The van der Waals surface area contributed by atoms with E-state index in [9.17, 15) is 13.2 Å². The highest BCUT2D eigenvalue weighted by Crippen LogP contribution is 2.18.